The fraction of sp³-hybridized carbons (Fsp3) is 0.667. The highest BCUT2D eigenvalue weighted by Gasteiger charge is 2.46. The molecule has 0 aromatic carbocycles. The minimum atomic E-state index is -5.08. The lowest BCUT2D eigenvalue weighted by Gasteiger charge is -2.17. The molecular weight excluding hydrogens is 421 g/mol. The molecule has 3 atom stereocenters. The Morgan fingerprint density at radius 1 is 1.38 bits per heavy atom. The molecule has 2 aliphatic rings. The lowest BCUT2D eigenvalue weighted by Crippen LogP contribution is -2.32. The number of rotatable bonds is 4. The third-order valence-electron chi connectivity index (χ3n) is 4.50. The van der Waals surface area contributed by atoms with Crippen LogP contribution in [0.5, 0.6) is 0 Å². The molecule has 0 bridgehead atoms. The van der Waals surface area contributed by atoms with E-state index in [-0.39, 0.29) is 29.1 Å². The number of nitrogens with zero attached hydrogens (tertiary/aromatic N) is 3. The monoisotopic (exact) mass is 442 g/mol. The van der Waals surface area contributed by atoms with Crippen molar-refractivity contribution in [3.05, 3.63) is 12.5 Å². The van der Waals surface area contributed by atoms with Gasteiger partial charge in [0.25, 0.3) is 10.0 Å². The number of aryl methyl sites for hydroxylation is 1. The molecule has 1 aromatic rings. The number of aromatic nitrogens is 2. The first-order valence-corrected chi connectivity index (χ1v) is 9.92. The Morgan fingerprint density at radius 2 is 2.00 bits per heavy atom. The summed E-state index contributed by atoms with van der Waals surface area (Å²) in [5.74, 6) is -2.66. The van der Waals surface area contributed by atoms with Crippen LogP contribution in [-0.2, 0) is 31.4 Å². The summed E-state index contributed by atoms with van der Waals surface area (Å²) in [6, 6.07) is 0. The van der Waals surface area contributed by atoms with Gasteiger partial charge in [-0.15, -0.1) is 0 Å². The minimum Gasteiger partial charge on any atom is -0.475 e. The summed E-state index contributed by atoms with van der Waals surface area (Å²) in [5.41, 5.74) is 0. The average Bonchev–Trinajstić information content (AvgIpc) is 3.29. The van der Waals surface area contributed by atoms with Gasteiger partial charge >= 0.3 is 12.1 Å². The van der Waals surface area contributed by atoms with Crippen LogP contribution in [0, 0.1) is 5.92 Å². The number of nitrogens with one attached hydrogen (secondary N) is 1. The predicted octanol–water partition coefficient (Wildman–Crippen LogP) is -0.0325. The lowest BCUT2D eigenvalue weighted by atomic mass is 10.0. The molecule has 1 amide bonds. The van der Waals surface area contributed by atoms with E-state index in [0.717, 1.165) is 0 Å². The quantitative estimate of drug-likeness (QED) is 0.669. The molecule has 3 rings (SSSR count). The van der Waals surface area contributed by atoms with Gasteiger partial charge in [-0.2, -0.15) is 17.5 Å². The fourth-order valence-corrected chi connectivity index (χ4v) is 4.59. The number of carbonyl (C=O) groups excluding carboxylic acids is 1. The van der Waals surface area contributed by atoms with Gasteiger partial charge in [-0.3, -0.25) is 4.79 Å². The van der Waals surface area contributed by atoms with Crippen LogP contribution in [-0.4, -0.2) is 77.8 Å². The molecule has 2 aliphatic heterocycles. The van der Waals surface area contributed by atoms with Crippen LogP contribution >= 0.6 is 0 Å². The highest BCUT2D eigenvalue weighted by atomic mass is 32.2. The zero-order valence-corrected chi connectivity index (χ0v) is 16.4. The van der Waals surface area contributed by atoms with Gasteiger partial charge in [-0.1, -0.05) is 0 Å². The van der Waals surface area contributed by atoms with E-state index in [0.29, 0.717) is 25.9 Å². The molecule has 10 nitrogen and oxygen atoms in total. The standard InChI is InChI=1S/C13H20N4O4S.C2HF3O2/c1-14-12(18)4-10-3-9-5-17(6-11(9)21-10)22(19,20)13-7-16(2)8-15-13;3-2(4,5)1(6)7/h7-11H,3-6H2,1-2H3,(H,14,18);(H,6,7)/t9-,10-,11+;/m0./s1. The number of carbonyl (C=O) groups is 2. The number of sulfonamides is 1. The number of carboxylic acid groups (broad SMARTS) is 1. The van der Waals surface area contributed by atoms with E-state index in [1.54, 1.807) is 18.7 Å². The largest absolute Gasteiger partial charge is 0.490 e. The van der Waals surface area contributed by atoms with Crippen molar-refractivity contribution < 1.29 is 41.0 Å². The molecule has 0 radical (unpaired) electrons. The number of hydrogen-bond acceptors (Lipinski definition) is 6. The van der Waals surface area contributed by atoms with E-state index in [1.807, 2.05) is 0 Å². The number of carboxylic acids is 1. The molecule has 0 saturated carbocycles. The first kappa shape index (κ1) is 23.1. The van der Waals surface area contributed by atoms with Crippen molar-refractivity contribution in [1.29, 1.82) is 0 Å². The number of aliphatic carboxylic acids is 1. The molecule has 29 heavy (non-hydrogen) atoms. The minimum absolute atomic E-state index is 0.0528. The van der Waals surface area contributed by atoms with E-state index in [4.69, 9.17) is 14.6 Å². The number of ether oxygens (including phenoxy) is 1. The van der Waals surface area contributed by atoms with E-state index in [1.165, 1.54) is 16.8 Å². The van der Waals surface area contributed by atoms with Crippen molar-refractivity contribution in [2.75, 3.05) is 20.1 Å². The highest BCUT2D eigenvalue weighted by molar-refractivity contribution is 7.89. The Balaban J connectivity index is 0.000000370. The Labute approximate surface area is 164 Å². The molecule has 2 N–H and O–H groups in total. The Kier molecular flexibility index (Phi) is 6.90. The maximum absolute atomic E-state index is 12.5. The van der Waals surface area contributed by atoms with Crippen molar-refractivity contribution in [2.45, 2.75) is 36.3 Å². The summed E-state index contributed by atoms with van der Waals surface area (Å²) in [4.78, 5) is 24.2. The summed E-state index contributed by atoms with van der Waals surface area (Å²) in [6.07, 6.45) is -1.32. The first-order chi connectivity index (χ1) is 13.3. The third kappa shape index (κ3) is 5.67. The molecule has 2 saturated heterocycles. The topological polar surface area (TPSA) is 131 Å². The van der Waals surface area contributed by atoms with Crippen molar-refractivity contribution in [2.24, 2.45) is 13.0 Å². The molecule has 0 aliphatic carbocycles. The number of imidazole rings is 1. The van der Waals surface area contributed by atoms with E-state index >= 15 is 0 Å². The van der Waals surface area contributed by atoms with Crippen LogP contribution in [0.4, 0.5) is 13.2 Å². The predicted molar refractivity (Wildman–Crippen MR) is 91.1 cm³/mol. The summed E-state index contributed by atoms with van der Waals surface area (Å²) in [6.45, 7) is 0.752. The summed E-state index contributed by atoms with van der Waals surface area (Å²) >= 11 is 0. The van der Waals surface area contributed by atoms with Crippen molar-refractivity contribution in [3.63, 3.8) is 0 Å². The van der Waals surface area contributed by atoms with Gasteiger partial charge in [-0.05, 0) is 6.42 Å². The Bertz CT molecular complexity index is 842. The van der Waals surface area contributed by atoms with Crippen molar-refractivity contribution in [3.8, 4) is 0 Å². The van der Waals surface area contributed by atoms with Crippen LogP contribution in [0.25, 0.3) is 0 Å². The van der Waals surface area contributed by atoms with E-state index in [2.05, 4.69) is 10.3 Å². The normalized spacial score (nSPS) is 24.5. The second-order valence-electron chi connectivity index (χ2n) is 6.67. The molecular formula is C15H21F3N4O6S. The van der Waals surface area contributed by atoms with E-state index < -0.39 is 22.2 Å². The number of amides is 1. The maximum Gasteiger partial charge on any atom is 0.490 e. The van der Waals surface area contributed by atoms with Gasteiger partial charge < -0.3 is 19.7 Å². The molecule has 3 heterocycles. The van der Waals surface area contributed by atoms with Crippen LogP contribution in [0.2, 0.25) is 0 Å². The SMILES string of the molecule is CNC(=O)C[C@@H]1C[C@H]2CN(S(=O)(=O)c3cn(C)cn3)C[C@H]2O1.O=C(O)C(F)(F)F. The van der Waals surface area contributed by atoms with Crippen LogP contribution < -0.4 is 5.32 Å². The summed E-state index contributed by atoms with van der Waals surface area (Å²) in [5, 5.41) is 9.77. The van der Waals surface area contributed by atoms with Crippen LogP contribution in [0.15, 0.2) is 17.6 Å². The maximum atomic E-state index is 12.5. The van der Waals surface area contributed by atoms with Gasteiger partial charge in [-0.25, -0.2) is 18.2 Å². The number of alkyl halides is 3. The van der Waals surface area contributed by atoms with Gasteiger partial charge in [0.05, 0.1) is 25.0 Å². The second kappa shape index (κ2) is 8.67. The Hall–Kier alpha value is -2.19. The zero-order chi connectivity index (χ0) is 22.0. The third-order valence-corrected chi connectivity index (χ3v) is 6.22. The molecule has 1 aromatic heterocycles. The lowest BCUT2D eigenvalue weighted by molar-refractivity contribution is -0.192. The van der Waals surface area contributed by atoms with Crippen LogP contribution in [0.1, 0.15) is 12.8 Å². The fourth-order valence-electron chi connectivity index (χ4n) is 3.12. The zero-order valence-electron chi connectivity index (χ0n) is 15.6. The molecule has 164 valence electrons. The number of hydrogen-bond donors (Lipinski definition) is 2. The highest BCUT2D eigenvalue weighted by Crippen LogP contribution is 2.36. The number of halogens is 3. The Morgan fingerprint density at radius 3 is 2.45 bits per heavy atom. The summed E-state index contributed by atoms with van der Waals surface area (Å²) in [7, 11) is -0.233. The average molecular weight is 442 g/mol. The van der Waals surface area contributed by atoms with E-state index in [9.17, 15) is 26.4 Å². The summed E-state index contributed by atoms with van der Waals surface area (Å²) < 4.78 is 65.6. The smallest absolute Gasteiger partial charge is 0.475 e. The first-order valence-electron chi connectivity index (χ1n) is 8.48. The van der Waals surface area contributed by atoms with Crippen molar-refractivity contribution >= 4 is 21.9 Å². The second-order valence-corrected chi connectivity index (χ2v) is 8.56. The molecule has 2 fully saturated rings. The number of fused-ring (bicyclic) bond motifs is 1. The van der Waals surface area contributed by atoms with Gasteiger partial charge in [0.1, 0.15) is 0 Å². The molecule has 0 spiro atoms. The van der Waals surface area contributed by atoms with Gasteiger partial charge in [0.15, 0.2) is 5.03 Å². The van der Waals surface area contributed by atoms with Crippen molar-refractivity contribution in [1.82, 2.24) is 19.2 Å². The molecule has 0 unspecified atom stereocenters. The van der Waals surface area contributed by atoms with Gasteiger partial charge in [0, 0.05) is 39.3 Å². The van der Waals surface area contributed by atoms with Gasteiger partial charge in [0.2, 0.25) is 5.91 Å². The van der Waals surface area contributed by atoms with Crippen LogP contribution in [0.3, 0.4) is 0 Å². The molecule has 14 heteroatoms.